The van der Waals surface area contributed by atoms with Crippen LogP contribution in [0.3, 0.4) is 0 Å². The fraction of sp³-hybridized carbons (Fsp3) is 0.0952. The van der Waals surface area contributed by atoms with Gasteiger partial charge in [-0.25, -0.2) is 8.42 Å². The van der Waals surface area contributed by atoms with Crippen LogP contribution >= 0.6 is 11.6 Å². The number of hydrogen-bond acceptors (Lipinski definition) is 3. The highest BCUT2D eigenvalue weighted by Crippen LogP contribution is 2.18. The van der Waals surface area contributed by atoms with Gasteiger partial charge in [0.1, 0.15) is 0 Å². The first kappa shape index (κ1) is 19.1. The zero-order chi connectivity index (χ0) is 19.4. The standard InChI is InChI=1S/C21H18ClNO3S/c1-15-2-12-20(13-3-15)27(25,26)14-16-4-6-17(7-5-16)21(24)23-19-10-8-18(22)9-11-19/h2-13H,14H2,1H3,(H,23,24). The highest BCUT2D eigenvalue weighted by molar-refractivity contribution is 7.90. The number of anilines is 1. The molecule has 3 rings (SSSR count). The van der Waals surface area contributed by atoms with Crippen LogP contribution in [0.1, 0.15) is 21.5 Å². The van der Waals surface area contributed by atoms with Crippen LogP contribution in [-0.4, -0.2) is 14.3 Å². The van der Waals surface area contributed by atoms with E-state index < -0.39 is 9.84 Å². The second-order valence-corrected chi connectivity index (χ2v) is 8.66. The molecule has 0 saturated heterocycles. The highest BCUT2D eigenvalue weighted by Gasteiger charge is 2.15. The minimum absolute atomic E-state index is 0.116. The van der Waals surface area contributed by atoms with Gasteiger partial charge < -0.3 is 5.32 Å². The van der Waals surface area contributed by atoms with Gasteiger partial charge in [0.05, 0.1) is 10.6 Å². The predicted octanol–water partition coefficient (Wildman–Crippen LogP) is 4.87. The van der Waals surface area contributed by atoms with E-state index in [9.17, 15) is 13.2 Å². The summed E-state index contributed by atoms with van der Waals surface area (Å²) in [4.78, 5) is 12.6. The third-order valence-corrected chi connectivity index (χ3v) is 6.01. The summed E-state index contributed by atoms with van der Waals surface area (Å²) in [6.07, 6.45) is 0. The lowest BCUT2D eigenvalue weighted by Crippen LogP contribution is -2.12. The summed E-state index contributed by atoms with van der Waals surface area (Å²) in [6.45, 7) is 1.91. The normalized spacial score (nSPS) is 11.2. The van der Waals surface area contributed by atoms with Crippen LogP contribution in [0.15, 0.2) is 77.7 Å². The summed E-state index contributed by atoms with van der Waals surface area (Å²) in [7, 11) is -3.43. The average Bonchev–Trinajstić information content (AvgIpc) is 2.64. The van der Waals surface area contributed by atoms with Gasteiger partial charge in [0.2, 0.25) is 0 Å². The van der Waals surface area contributed by atoms with E-state index in [0.717, 1.165) is 5.56 Å². The molecule has 4 nitrogen and oxygen atoms in total. The lowest BCUT2D eigenvalue weighted by Gasteiger charge is -2.08. The predicted molar refractivity (Wildman–Crippen MR) is 108 cm³/mol. The second kappa shape index (κ2) is 7.94. The number of benzene rings is 3. The fourth-order valence-electron chi connectivity index (χ4n) is 2.54. The molecule has 0 spiro atoms. The van der Waals surface area contributed by atoms with Crippen molar-refractivity contribution >= 4 is 33.0 Å². The summed E-state index contributed by atoms with van der Waals surface area (Å²) in [5, 5.41) is 3.36. The first-order valence-electron chi connectivity index (χ1n) is 8.29. The quantitative estimate of drug-likeness (QED) is 0.665. The molecule has 3 aromatic carbocycles. The highest BCUT2D eigenvalue weighted by atomic mass is 35.5. The van der Waals surface area contributed by atoms with Crippen molar-refractivity contribution in [2.75, 3.05) is 5.32 Å². The van der Waals surface area contributed by atoms with Gasteiger partial charge in [-0.05, 0) is 61.0 Å². The molecule has 0 atom stereocenters. The van der Waals surface area contributed by atoms with Crippen LogP contribution < -0.4 is 5.32 Å². The van der Waals surface area contributed by atoms with Crippen molar-refractivity contribution in [1.29, 1.82) is 0 Å². The van der Waals surface area contributed by atoms with E-state index in [1.165, 1.54) is 0 Å². The van der Waals surface area contributed by atoms with Crippen molar-refractivity contribution in [2.24, 2.45) is 0 Å². The molecule has 0 radical (unpaired) electrons. The number of aryl methyl sites for hydroxylation is 1. The van der Waals surface area contributed by atoms with Gasteiger partial charge >= 0.3 is 0 Å². The van der Waals surface area contributed by atoms with Gasteiger partial charge in [-0.2, -0.15) is 0 Å². The summed E-state index contributed by atoms with van der Waals surface area (Å²) >= 11 is 5.83. The summed E-state index contributed by atoms with van der Waals surface area (Å²) in [6, 6.07) is 20.1. The Hall–Kier alpha value is -2.63. The van der Waals surface area contributed by atoms with E-state index in [1.807, 2.05) is 6.92 Å². The van der Waals surface area contributed by atoms with Gasteiger partial charge in [0.15, 0.2) is 9.84 Å². The van der Waals surface area contributed by atoms with Crippen molar-refractivity contribution in [3.63, 3.8) is 0 Å². The maximum atomic E-state index is 12.5. The lowest BCUT2D eigenvalue weighted by atomic mass is 10.1. The number of halogens is 1. The van der Waals surface area contributed by atoms with E-state index in [1.54, 1.807) is 72.8 Å². The van der Waals surface area contributed by atoms with E-state index in [-0.39, 0.29) is 16.6 Å². The molecule has 0 aliphatic heterocycles. The van der Waals surface area contributed by atoms with Gasteiger partial charge in [-0.1, -0.05) is 41.4 Å². The molecule has 1 N–H and O–H groups in total. The van der Waals surface area contributed by atoms with Crippen LogP contribution in [0.25, 0.3) is 0 Å². The number of carbonyl (C=O) groups is 1. The number of nitrogens with one attached hydrogen (secondary N) is 1. The van der Waals surface area contributed by atoms with Crippen LogP contribution in [-0.2, 0) is 15.6 Å². The molecule has 0 heterocycles. The van der Waals surface area contributed by atoms with Crippen molar-refractivity contribution in [1.82, 2.24) is 0 Å². The molecule has 6 heteroatoms. The Bertz CT molecular complexity index is 1040. The molecule has 3 aromatic rings. The molecule has 0 aliphatic carbocycles. The molecule has 0 bridgehead atoms. The summed E-state index contributed by atoms with van der Waals surface area (Å²) < 4.78 is 25.0. The van der Waals surface area contributed by atoms with Crippen LogP contribution in [0, 0.1) is 6.92 Å². The SMILES string of the molecule is Cc1ccc(S(=O)(=O)Cc2ccc(C(=O)Nc3ccc(Cl)cc3)cc2)cc1. The average molecular weight is 400 g/mol. The summed E-state index contributed by atoms with van der Waals surface area (Å²) in [5.41, 5.74) is 2.71. The molecular formula is C21H18ClNO3S. The zero-order valence-corrected chi connectivity index (χ0v) is 16.2. The number of carbonyl (C=O) groups excluding carboxylic acids is 1. The monoisotopic (exact) mass is 399 g/mol. The molecule has 138 valence electrons. The van der Waals surface area contributed by atoms with Crippen molar-refractivity contribution in [3.8, 4) is 0 Å². The lowest BCUT2D eigenvalue weighted by molar-refractivity contribution is 0.102. The maximum Gasteiger partial charge on any atom is 0.255 e. The van der Waals surface area contributed by atoms with Gasteiger partial charge in [0, 0.05) is 16.3 Å². The smallest absolute Gasteiger partial charge is 0.255 e. The van der Waals surface area contributed by atoms with Crippen molar-refractivity contribution in [3.05, 3.63) is 94.5 Å². The van der Waals surface area contributed by atoms with Gasteiger partial charge in [0.25, 0.3) is 5.91 Å². The minimum atomic E-state index is -3.43. The molecule has 0 fully saturated rings. The number of rotatable bonds is 5. The first-order valence-corrected chi connectivity index (χ1v) is 10.3. The first-order chi connectivity index (χ1) is 12.8. The number of amides is 1. The Labute approximate surface area is 163 Å². The third-order valence-electron chi connectivity index (χ3n) is 4.06. The molecule has 1 amide bonds. The Morgan fingerprint density at radius 3 is 2.07 bits per heavy atom. The fourth-order valence-corrected chi connectivity index (χ4v) is 4.01. The zero-order valence-electron chi connectivity index (χ0n) is 14.6. The maximum absolute atomic E-state index is 12.5. The summed E-state index contributed by atoms with van der Waals surface area (Å²) in [5.74, 6) is -0.389. The van der Waals surface area contributed by atoms with Crippen LogP contribution in [0.4, 0.5) is 5.69 Å². The number of hydrogen-bond donors (Lipinski definition) is 1. The van der Waals surface area contributed by atoms with E-state index >= 15 is 0 Å². The topological polar surface area (TPSA) is 63.2 Å². The van der Waals surface area contributed by atoms with E-state index in [0.29, 0.717) is 21.8 Å². The van der Waals surface area contributed by atoms with E-state index in [4.69, 9.17) is 11.6 Å². The van der Waals surface area contributed by atoms with E-state index in [2.05, 4.69) is 5.32 Å². The van der Waals surface area contributed by atoms with Gasteiger partial charge in [-0.15, -0.1) is 0 Å². The molecule has 0 saturated carbocycles. The van der Waals surface area contributed by atoms with Crippen molar-refractivity contribution in [2.45, 2.75) is 17.6 Å². The molecular weight excluding hydrogens is 382 g/mol. The Kier molecular flexibility index (Phi) is 5.63. The van der Waals surface area contributed by atoms with Crippen LogP contribution in [0.5, 0.6) is 0 Å². The van der Waals surface area contributed by atoms with Gasteiger partial charge in [-0.3, -0.25) is 4.79 Å². The van der Waals surface area contributed by atoms with Crippen LogP contribution in [0.2, 0.25) is 5.02 Å². The second-order valence-electron chi connectivity index (χ2n) is 6.23. The Morgan fingerprint density at radius 2 is 1.48 bits per heavy atom. The third kappa shape index (κ3) is 4.96. The Balaban J connectivity index is 1.70. The Morgan fingerprint density at radius 1 is 0.889 bits per heavy atom. The molecule has 0 unspecified atom stereocenters. The molecule has 27 heavy (non-hydrogen) atoms. The minimum Gasteiger partial charge on any atom is -0.322 e. The number of sulfone groups is 1. The largest absolute Gasteiger partial charge is 0.322 e. The molecule has 0 aliphatic rings. The van der Waals surface area contributed by atoms with Crippen molar-refractivity contribution < 1.29 is 13.2 Å². The molecule has 0 aromatic heterocycles.